The fraction of sp³-hybridized carbons (Fsp3) is 0.500. The molecule has 0 spiro atoms. The molecule has 1 aromatic rings. The van der Waals surface area contributed by atoms with E-state index < -0.39 is 0 Å². The number of carbonyl (C=O) groups excluding carboxylic acids is 2. The van der Waals surface area contributed by atoms with Crippen LogP contribution in [0.5, 0.6) is 0 Å². The van der Waals surface area contributed by atoms with E-state index in [1.54, 1.807) is 0 Å². The number of hydrogen-bond donors (Lipinski definition) is 0. The van der Waals surface area contributed by atoms with Crippen LogP contribution in [0.3, 0.4) is 0 Å². The molecule has 3 rings (SSSR count). The number of hydrogen-bond acceptors (Lipinski definition) is 4. The summed E-state index contributed by atoms with van der Waals surface area (Å²) in [6, 6.07) is 5.47. The molecule has 1 aromatic carbocycles. The summed E-state index contributed by atoms with van der Waals surface area (Å²) in [5.74, 6) is -0.211. The Morgan fingerprint density at radius 3 is 2.52 bits per heavy atom. The summed E-state index contributed by atoms with van der Waals surface area (Å²) in [6.45, 7) is 6.61. The third kappa shape index (κ3) is 2.59. The zero-order valence-electron chi connectivity index (χ0n) is 12.5. The standard InChI is InChI=1S/C16H20N2O3/c1-11-3-4-13(12(2)9-11)18-15(19)10-14(16(18)20)17-5-7-21-8-6-17/h3-4,9,14H,5-8,10H2,1-2H3/t14-/m1/s1. The van der Waals surface area contributed by atoms with E-state index in [4.69, 9.17) is 4.74 Å². The van der Waals surface area contributed by atoms with Crippen molar-refractivity contribution >= 4 is 17.5 Å². The molecule has 2 saturated heterocycles. The number of anilines is 1. The van der Waals surface area contributed by atoms with E-state index in [0.29, 0.717) is 32.0 Å². The summed E-state index contributed by atoms with van der Waals surface area (Å²) < 4.78 is 5.31. The van der Waals surface area contributed by atoms with Crippen LogP contribution in [-0.2, 0) is 14.3 Å². The van der Waals surface area contributed by atoms with Crippen LogP contribution in [0.2, 0.25) is 0 Å². The zero-order chi connectivity index (χ0) is 15.0. The first-order valence-corrected chi connectivity index (χ1v) is 7.34. The largest absolute Gasteiger partial charge is 0.379 e. The van der Waals surface area contributed by atoms with Crippen LogP contribution in [0.25, 0.3) is 0 Å². The predicted molar refractivity (Wildman–Crippen MR) is 79.2 cm³/mol. The summed E-state index contributed by atoms with van der Waals surface area (Å²) in [5.41, 5.74) is 2.80. The van der Waals surface area contributed by atoms with Crippen LogP contribution in [0.4, 0.5) is 5.69 Å². The van der Waals surface area contributed by atoms with Gasteiger partial charge in [0.15, 0.2) is 0 Å². The molecule has 0 radical (unpaired) electrons. The van der Waals surface area contributed by atoms with Crippen molar-refractivity contribution in [2.45, 2.75) is 26.3 Å². The highest BCUT2D eigenvalue weighted by atomic mass is 16.5. The zero-order valence-corrected chi connectivity index (χ0v) is 12.5. The lowest BCUT2D eigenvalue weighted by molar-refractivity contribution is -0.123. The van der Waals surface area contributed by atoms with E-state index in [-0.39, 0.29) is 24.3 Å². The number of carbonyl (C=O) groups is 2. The molecule has 1 atom stereocenters. The van der Waals surface area contributed by atoms with Gasteiger partial charge in [-0.1, -0.05) is 17.7 Å². The predicted octanol–water partition coefficient (Wildman–Crippen LogP) is 1.27. The number of morpholine rings is 1. The Hall–Kier alpha value is -1.72. The van der Waals surface area contributed by atoms with Crippen molar-refractivity contribution in [1.29, 1.82) is 0 Å². The first kappa shape index (κ1) is 14.2. The van der Waals surface area contributed by atoms with Crippen molar-refractivity contribution in [2.75, 3.05) is 31.2 Å². The van der Waals surface area contributed by atoms with Crippen molar-refractivity contribution in [2.24, 2.45) is 0 Å². The van der Waals surface area contributed by atoms with E-state index in [9.17, 15) is 9.59 Å². The quantitative estimate of drug-likeness (QED) is 0.769. The van der Waals surface area contributed by atoms with Crippen LogP contribution in [0, 0.1) is 13.8 Å². The Morgan fingerprint density at radius 2 is 1.86 bits per heavy atom. The molecule has 21 heavy (non-hydrogen) atoms. The molecule has 0 unspecified atom stereocenters. The second-order valence-corrected chi connectivity index (χ2v) is 5.73. The number of amides is 2. The minimum Gasteiger partial charge on any atom is -0.379 e. The number of nitrogens with zero attached hydrogens (tertiary/aromatic N) is 2. The smallest absolute Gasteiger partial charge is 0.251 e. The van der Waals surface area contributed by atoms with Gasteiger partial charge >= 0.3 is 0 Å². The molecule has 0 aliphatic carbocycles. The fourth-order valence-corrected chi connectivity index (χ4v) is 3.10. The highest BCUT2D eigenvalue weighted by Crippen LogP contribution is 2.29. The maximum atomic E-state index is 12.7. The maximum absolute atomic E-state index is 12.7. The molecule has 2 fully saturated rings. The third-order valence-electron chi connectivity index (χ3n) is 4.20. The Kier molecular flexibility index (Phi) is 3.78. The third-order valence-corrected chi connectivity index (χ3v) is 4.20. The molecule has 5 heteroatoms. The topological polar surface area (TPSA) is 49.9 Å². The van der Waals surface area contributed by atoms with Gasteiger partial charge in [0.25, 0.3) is 5.91 Å². The number of rotatable bonds is 2. The lowest BCUT2D eigenvalue weighted by Gasteiger charge is -2.30. The summed E-state index contributed by atoms with van der Waals surface area (Å²) in [5, 5.41) is 0. The molecule has 5 nitrogen and oxygen atoms in total. The number of imide groups is 1. The minimum absolute atomic E-state index is 0.103. The van der Waals surface area contributed by atoms with Gasteiger partial charge in [-0.2, -0.15) is 0 Å². The Morgan fingerprint density at radius 1 is 1.14 bits per heavy atom. The Balaban J connectivity index is 1.86. The SMILES string of the molecule is Cc1ccc(N2C(=O)C[C@@H](N3CCOCC3)C2=O)c(C)c1. The first-order chi connectivity index (χ1) is 10.1. The molecule has 2 amide bonds. The molecular formula is C16H20N2O3. The van der Waals surface area contributed by atoms with E-state index in [0.717, 1.165) is 11.1 Å². The Labute approximate surface area is 124 Å². The van der Waals surface area contributed by atoms with Crippen molar-refractivity contribution in [1.82, 2.24) is 4.90 Å². The van der Waals surface area contributed by atoms with Crippen molar-refractivity contribution in [3.8, 4) is 0 Å². The average molecular weight is 288 g/mol. The second-order valence-electron chi connectivity index (χ2n) is 5.73. The van der Waals surface area contributed by atoms with Crippen LogP contribution in [0.15, 0.2) is 18.2 Å². The van der Waals surface area contributed by atoms with Crippen molar-refractivity contribution in [3.63, 3.8) is 0 Å². The molecule has 0 aromatic heterocycles. The number of benzene rings is 1. The van der Waals surface area contributed by atoms with Crippen LogP contribution in [-0.4, -0.2) is 49.1 Å². The van der Waals surface area contributed by atoms with Crippen LogP contribution < -0.4 is 4.90 Å². The van der Waals surface area contributed by atoms with Gasteiger partial charge in [-0.15, -0.1) is 0 Å². The van der Waals surface area contributed by atoms with Gasteiger partial charge in [0.05, 0.1) is 31.4 Å². The monoisotopic (exact) mass is 288 g/mol. The van der Waals surface area contributed by atoms with Crippen molar-refractivity contribution < 1.29 is 14.3 Å². The fourth-order valence-electron chi connectivity index (χ4n) is 3.10. The van der Waals surface area contributed by atoms with E-state index in [2.05, 4.69) is 4.90 Å². The summed E-state index contributed by atoms with van der Waals surface area (Å²) in [4.78, 5) is 28.4. The molecule has 2 aliphatic rings. The molecule has 0 N–H and O–H groups in total. The van der Waals surface area contributed by atoms with Gasteiger partial charge in [0.2, 0.25) is 5.91 Å². The number of aryl methyl sites for hydroxylation is 2. The summed E-state index contributed by atoms with van der Waals surface area (Å²) >= 11 is 0. The minimum atomic E-state index is -0.331. The van der Waals surface area contributed by atoms with Gasteiger partial charge in [-0.05, 0) is 25.5 Å². The summed E-state index contributed by atoms with van der Waals surface area (Å²) in [6.07, 6.45) is 0.270. The number of ether oxygens (including phenoxy) is 1. The first-order valence-electron chi connectivity index (χ1n) is 7.34. The average Bonchev–Trinajstić information content (AvgIpc) is 2.76. The van der Waals surface area contributed by atoms with Gasteiger partial charge in [0.1, 0.15) is 0 Å². The lowest BCUT2D eigenvalue weighted by Crippen LogP contribution is -2.47. The molecule has 2 heterocycles. The highest BCUT2D eigenvalue weighted by molar-refractivity contribution is 6.22. The van der Waals surface area contributed by atoms with Gasteiger partial charge < -0.3 is 4.74 Å². The second kappa shape index (κ2) is 5.58. The normalized spacial score (nSPS) is 23.9. The molecule has 112 valence electrons. The lowest BCUT2D eigenvalue weighted by atomic mass is 10.1. The van der Waals surface area contributed by atoms with Crippen LogP contribution in [0.1, 0.15) is 17.5 Å². The van der Waals surface area contributed by atoms with Gasteiger partial charge in [-0.25, -0.2) is 4.90 Å². The summed E-state index contributed by atoms with van der Waals surface area (Å²) in [7, 11) is 0. The van der Waals surface area contributed by atoms with E-state index >= 15 is 0 Å². The van der Waals surface area contributed by atoms with Gasteiger partial charge in [-0.3, -0.25) is 14.5 Å². The van der Waals surface area contributed by atoms with Crippen molar-refractivity contribution in [3.05, 3.63) is 29.3 Å². The molecule has 2 aliphatic heterocycles. The molecule has 0 bridgehead atoms. The Bertz CT molecular complexity index is 579. The highest BCUT2D eigenvalue weighted by Gasteiger charge is 2.43. The molecular weight excluding hydrogens is 268 g/mol. The van der Waals surface area contributed by atoms with Gasteiger partial charge in [0, 0.05) is 13.1 Å². The maximum Gasteiger partial charge on any atom is 0.251 e. The van der Waals surface area contributed by atoms with Crippen LogP contribution >= 0.6 is 0 Å². The molecule has 0 saturated carbocycles. The van der Waals surface area contributed by atoms with E-state index in [1.807, 2.05) is 32.0 Å². The van der Waals surface area contributed by atoms with E-state index in [1.165, 1.54) is 4.90 Å².